The second-order valence-electron chi connectivity index (χ2n) is 17.9. The molecule has 2 unspecified atom stereocenters. The van der Waals surface area contributed by atoms with Gasteiger partial charge in [0.25, 0.3) is 42.2 Å². The van der Waals surface area contributed by atoms with Crippen LogP contribution in [0, 0.1) is 0 Å². The van der Waals surface area contributed by atoms with Crippen LogP contribution in [0.3, 0.4) is 0 Å². The van der Waals surface area contributed by atoms with Crippen LogP contribution < -0.4 is 4.90 Å². The summed E-state index contributed by atoms with van der Waals surface area (Å²) in [6.45, 7) is 8.79. The number of anilines is 1. The predicted molar refractivity (Wildman–Crippen MR) is 258 cm³/mol. The maximum absolute atomic E-state index is 12.6. The van der Waals surface area contributed by atoms with Crippen molar-refractivity contribution in [1.29, 1.82) is 0 Å². The second-order valence-corrected chi connectivity index (χ2v) is 22.3. The molecule has 3 aliphatic rings. The molecular formula is C47H66N3O18S3+. The number of benzene rings is 2. The number of hydrogen-bond donors (Lipinski definition) is 3. The zero-order valence-electron chi connectivity index (χ0n) is 40.8. The van der Waals surface area contributed by atoms with E-state index in [9.17, 15) is 53.3 Å². The van der Waals surface area contributed by atoms with E-state index in [1.165, 1.54) is 31.4 Å². The van der Waals surface area contributed by atoms with E-state index in [4.69, 9.17) is 28.5 Å². The average Bonchev–Trinajstić information content (AvgIpc) is 3.82. The molecule has 71 heavy (non-hydrogen) atoms. The summed E-state index contributed by atoms with van der Waals surface area (Å²) in [5.41, 5.74) is 2.31. The predicted octanol–water partition coefficient (Wildman–Crippen LogP) is 4.71. The van der Waals surface area contributed by atoms with Crippen molar-refractivity contribution in [3.05, 3.63) is 70.9 Å². The van der Waals surface area contributed by atoms with Crippen molar-refractivity contribution in [3.63, 3.8) is 0 Å². The van der Waals surface area contributed by atoms with Crippen LogP contribution in [0.25, 0.3) is 0 Å². The molecule has 5 rings (SSSR count). The number of carbonyl (C=O) groups is 3. The number of imide groups is 1. The minimum atomic E-state index is -4.68. The topological polar surface area (TPSA) is 279 Å². The fourth-order valence-electron chi connectivity index (χ4n) is 9.07. The van der Waals surface area contributed by atoms with Crippen LogP contribution in [0.15, 0.2) is 69.6 Å². The number of ether oxygens (including phenoxy) is 5. The summed E-state index contributed by atoms with van der Waals surface area (Å²) in [5, 5.41) is 0.508. The molecular weight excluding hydrogens is 991 g/mol. The van der Waals surface area contributed by atoms with Crippen molar-refractivity contribution in [1.82, 2.24) is 5.06 Å². The Hall–Kier alpha value is -4.47. The number of amides is 2. The van der Waals surface area contributed by atoms with Gasteiger partial charge in [-0.2, -0.15) is 29.8 Å². The van der Waals surface area contributed by atoms with Gasteiger partial charge in [0, 0.05) is 87.6 Å². The summed E-state index contributed by atoms with van der Waals surface area (Å²) < 4.78 is 134. The number of hydroxylamine groups is 2. The first-order valence-electron chi connectivity index (χ1n) is 23.2. The van der Waals surface area contributed by atoms with E-state index in [1.807, 2.05) is 42.4 Å². The number of nitrogens with zero attached hydrogens (tertiary/aromatic N) is 3. The Balaban J connectivity index is 1.54. The lowest BCUT2D eigenvalue weighted by atomic mass is 9.75. The quantitative estimate of drug-likeness (QED) is 0.0413. The Morgan fingerprint density at radius 3 is 1.89 bits per heavy atom. The molecule has 21 nitrogen and oxygen atoms in total. The SMILES string of the molecule is COCCOCCOCCOCCN1/C(=C/C(C)=C/C2=[N+](CCCCCC(=O)ON3C(=O)CCC3=O)c3ccc(S(=O)(=O)O)cc3C2(C)CCOC)C(C)(CCCS(=O)(=O)O)c2cc(S(=O)(=O)O)ccc21. The smallest absolute Gasteiger partial charge is 0.333 e. The fraction of sp³-hybridized carbons (Fsp3) is 0.574. The third kappa shape index (κ3) is 15.1. The number of unbranched alkanes of at least 4 members (excludes halogenated alkanes) is 2. The molecule has 3 N–H and O–H groups in total. The van der Waals surface area contributed by atoms with Gasteiger partial charge in [-0.3, -0.25) is 23.2 Å². The van der Waals surface area contributed by atoms with Crippen molar-refractivity contribution in [2.24, 2.45) is 0 Å². The molecule has 1 saturated heterocycles. The first kappa shape index (κ1) is 57.4. The van der Waals surface area contributed by atoms with Crippen LogP contribution >= 0.6 is 0 Å². The number of fused-ring (bicyclic) bond motifs is 2. The summed E-state index contributed by atoms with van der Waals surface area (Å²) in [5.74, 6) is -2.45. The lowest BCUT2D eigenvalue weighted by Crippen LogP contribution is -2.33. The summed E-state index contributed by atoms with van der Waals surface area (Å²) >= 11 is 0. The lowest BCUT2D eigenvalue weighted by Gasteiger charge is -2.31. The molecule has 0 spiro atoms. The normalized spacial score (nSPS) is 20.2. The second kappa shape index (κ2) is 25.0. The monoisotopic (exact) mass is 1060 g/mol. The largest absolute Gasteiger partial charge is 0.385 e. The fourth-order valence-corrected chi connectivity index (χ4v) is 10.6. The third-order valence-electron chi connectivity index (χ3n) is 12.7. The zero-order chi connectivity index (χ0) is 52.2. The molecule has 0 saturated carbocycles. The molecule has 0 aromatic heterocycles. The van der Waals surface area contributed by atoms with Crippen LogP contribution in [0.5, 0.6) is 0 Å². The maximum atomic E-state index is 12.6. The van der Waals surface area contributed by atoms with Gasteiger partial charge in [-0.1, -0.05) is 0 Å². The van der Waals surface area contributed by atoms with Crippen LogP contribution in [0.4, 0.5) is 11.4 Å². The Kier molecular flexibility index (Phi) is 20.2. The molecule has 0 radical (unpaired) electrons. The number of rotatable bonds is 30. The van der Waals surface area contributed by atoms with E-state index in [0.29, 0.717) is 97.5 Å². The van der Waals surface area contributed by atoms with E-state index in [1.54, 1.807) is 19.2 Å². The van der Waals surface area contributed by atoms with Crippen LogP contribution in [-0.2, 0) is 84.1 Å². The van der Waals surface area contributed by atoms with Crippen LogP contribution in [0.2, 0.25) is 0 Å². The van der Waals surface area contributed by atoms with E-state index < -0.39 is 64.7 Å². The average molecular weight is 1060 g/mol. The molecule has 2 amide bonds. The molecule has 3 heterocycles. The van der Waals surface area contributed by atoms with Gasteiger partial charge in [-0.25, -0.2) is 4.79 Å². The van der Waals surface area contributed by atoms with Gasteiger partial charge in [0.2, 0.25) is 5.69 Å². The molecule has 2 aromatic rings. The Bertz CT molecular complexity index is 2690. The Labute approximate surface area is 415 Å². The maximum Gasteiger partial charge on any atom is 0.333 e. The van der Waals surface area contributed by atoms with Crippen molar-refractivity contribution in [2.45, 2.75) is 99.2 Å². The summed E-state index contributed by atoms with van der Waals surface area (Å²) in [4.78, 5) is 42.8. The molecule has 394 valence electrons. The van der Waals surface area contributed by atoms with E-state index in [2.05, 4.69) is 0 Å². The molecule has 3 aliphatic heterocycles. The summed E-state index contributed by atoms with van der Waals surface area (Å²) in [6.07, 6.45) is 5.56. The number of hydrogen-bond acceptors (Lipinski definition) is 16. The number of methoxy groups -OCH3 is 2. The van der Waals surface area contributed by atoms with Crippen LogP contribution in [0.1, 0.15) is 89.7 Å². The van der Waals surface area contributed by atoms with Crippen LogP contribution in [-0.4, -0.2) is 158 Å². The number of allylic oxidation sites excluding steroid dienone is 4. The Morgan fingerprint density at radius 2 is 1.30 bits per heavy atom. The van der Waals surface area contributed by atoms with Gasteiger partial charge in [-0.05, 0) is 100 Å². The van der Waals surface area contributed by atoms with E-state index in [0.717, 1.165) is 5.71 Å². The first-order chi connectivity index (χ1) is 33.4. The molecule has 0 aliphatic carbocycles. The lowest BCUT2D eigenvalue weighted by molar-refractivity contribution is -0.438. The Morgan fingerprint density at radius 1 is 0.718 bits per heavy atom. The summed E-state index contributed by atoms with van der Waals surface area (Å²) in [6, 6.07) is 8.58. The molecule has 24 heteroatoms. The van der Waals surface area contributed by atoms with Gasteiger partial charge in [0.1, 0.15) is 6.54 Å². The molecule has 0 bridgehead atoms. The highest BCUT2D eigenvalue weighted by atomic mass is 32.2. The minimum Gasteiger partial charge on any atom is -0.385 e. The van der Waals surface area contributed by atoms with E-state index in [-0.39, 0.29) is 74.9 Å². The molecule has 2 aromatic carbocycles. The van der Waals surface area contributed by atoms with Crippen molar-refractivity contribution < 1.29 is 86.4 Å². The third-order valence-corrected chi connectivity index (χ3v) is 15.2. The van der Waals surface area contributed by atoms with Crippen molar-refractivity contribution >= 4 is 65.2 Å². The first-order valence-corrected chi connectivity index (χ1v) is 27.7. The summed E-state index contributed by atoms with van der Waals surface area (Å²) in [7, 11) is -10.6. The van der Waals surface area contributed by atoms with E-state index >= 15 is 0 Å². The van der Waals surface area contributed by atoms with Crippen molar-refractivity contribution in [2.75, 3.05) is 90.8 Å². The van der Waals surface area contributed by atoms with Gasteiger partial charge in [0.15, 0.2) is 5.71 Å². The zero-order valence-corrected chi connectivity index (χ0v) is 43.2. The number of carbonyl (C=O) groups excluding carboxylic acids is 3. The standard InChI is InChI=1S/C47H65N3O18S3/c1-34(30-41-46(2,17-9-29-69(54,55)56)37-32-35(70(57,58)59)12-14-40(37)49(41)20-22-65-25-26-67-28-27-66-24-23-64-5)31-42-47(3,18-21-63-4)38-33-36(71(60,61)62)11-13-39(38)48(42)19-8-6-7-10-45(53)68-50-43(51)15-16-44(50)52/h11-14,30-33H,6-10,15-29H2,1-5H3,(H2-,54,55,56,57,58,59,60,61,62)/p+1. The van der Waals surface area contributed by atoms with Gasteiger partial charge >= 0.3 is 5.97 Å². The highest BCUT2D eigenvalue weighted by molar-refractivity contribution is 7.86. The minimum absolute atomic E-state index is 0.0261. The van der Waals surface area contributed by atoms with Crippen molar-refractivity contribution in [3.8, 4) is 0 Å². The van der Waals surface area contributed by atoms with Gasteiger partial charge in [0.05, 0.1) is 67.2 Å². The highest BCUT2D eigenvalue weighted by Crippen LogP contribution is 2.52. The molecule has 2 atom stereocenters. The van der Waals surface area contributed by atoms with Gasteiger partial charge < -0.3 is 33.4 Å². The highest BCUT2D eigenvalue weighted by Gasteiger charge is 2.49. The molecule has 1 fully saturated rings. The van der Waals surface area contributed by atoms with Gasteiger partial charge in [-0.15, -0.1) is 5.06 Å².